The van der Waals surface area contributed by atoms with Gasteiger partial charge < -0.3 is 9.80 Å². The number of benzene rings is 4. The van der Waals surface area contributed by atoms with Gasteiger partial charge in [0.15, 0.2) is 0 Å². The van der Waals surface area contributed by atoms with Gasteiger partial charge in [0.2, 0.25) is 0 Å². The summed E-state index contributed by atoms with van der Waals surface area (Å²) in [5.74, 6) is 0. The Bertz CT molecular complexity index is 1430. The number of hydrogen-bond acceptors (Lipinski definition) is 2. The van der Waals surface area contributed by atoms with E-state index in [0.29, 0.717) is 0 Å². The van der Waals surface area contributed by atoms with Gasteiger partial charge in [-0.05, 0) is 72.4 Å². The van der Waals surface area contributed by atoms with E-state index in [2.05, 4.69) is 112 Å². The minimum atomic E-state index is 1.12. The first-order valence-electron chi connectivity index (χ1n) is 18.1. The van der Waals surface area contributed by atoms with Crippen molar-refractivity contribution in [3.63, 3.8) is 0 Å². The Hall–Kier alpha value is -3.00. The summed E-state index contributed by atoms with van der Waals surface area (Å²) in [6.45, 7) is 18.6. The van der Waals surface area contributed by atoms with Crippen molar-refractivity contribution in [3.05, 3.63) is 71.8 Å². The van der Waals surface area contributed by atoms with Gasteiger partial charge >= 0.3 is 0 Å². The number of anilines is 2. The number of aryl methyl sites for hydroxylation is 1. The zero-order chi connectivity index (χ0) is 31.3. The Kier molecular flexibility index (Phi) is 13.5. The highest BCUT2D eigenvalue weighted by atomic mass is 15.2. The van der Waals surface area contributed by atoms with Gasteiger partial charge in [0.05, 0.1) is 5.69 Å². The highest BCUT2D eigenvalue weighted by Crippen LogP contribution is 2.48. The van der Waals surface area contributed by atoms with Crippen molar-refractivity contribution in [1.29, 1.82) is 0 Å². The molecule has 0 aliphatic heterocycles. The van der Waals surface area contributed by atoms with Crippen molar-refractivity contribution in [3.8, 4) is 11.1 Å². The maximum atomic E-state index is 2.80. The van der Waals surface area contributed by atoms with Gasteiger partial charge in [0.1, 0.15) is 0 Å². The van der Waals surface area contributed by atoms with Crippen molar-refractivity contribution in [2.75, 3.05) is 36.0 Å². The molecule has 0 spiro atoms. The molecule has 0 fully saturated rings. The summed E-state index contributed by atoms with van der Waals surface area (Å²) in [6, 6.07) is 23.2. The van der Waals surface area contributed by atoms with E-state index in [4.69, 9.17) is 0 Å². The third-order valence-electron chi connectivity index (χ3n) is 9.43. The second-order valence-corrected chi connectivity index (χ2v) is 13.1. The van der Waals surface area contributed by atoms with Crippen LogP contribution < -0.4 is 9.80 Å². The molecule has 0 aliphatic rings. The van der Waals surface area contributed by atoms with Gasteiger partial charge in [-0.15, -0.1) is 0 Å². The van der Waals surface area contributed by atoms with Crippen LogP contribution in [0.4, 0.5) is 11.4 Å². The standard InChI is InChI=1S/C42H60N2/c1-7-11-19-27-43(28-20-12-8-2)41-34(6)42(44(29-21-13-9-3)30-22-14-10-4)40(37-25-17-18-26-38(37)41)39-32-33(5)31-35-23-15-16-24-36(35)39/h15-18,23-26,31-32H,7-14,19-22,27-30H2,1-6H3. The largest absolute Gasteiger partial charge is 0.371 e. The van der Waals surface area contributed by atoms with E-state index in [1.807, 2.05) is 0 Å². The van der Waals surface area contributed by atoms with Crippen molar-refractivity contribution >= 4 is 32.9 Å². The van der Waals surface area contributed by atoms with Crippen molar-refractivity contribution in [2.24, 2.45) is 0 Å². The summed E-state index contributed by atoms with van der Waals surface area (Å²) >= 11 is 0. The molecule has 2 nitrogen and oxygen atoms in total. The maximum Gasteiger partial charge on any atom is 0.0503 e. The molecule has 4 rings (SSSR count). The highest BCUT2D eigenvalue weighted by molar-refractivity contribution is 6.15. The fourth-order valence-electron chi connectivity index (χ4n) is 7.16. The third-order valence-corrected chi connectivity index (χ3v) is 9.43. The Balaban J connectivity index is 2.06. The van der Waals surface area contributed by atoms with Crippen LogP contribution >= 0.6 is 0 Å². The first kappa shape index (κ1) is 33.9. The molecule has 0 unspecified atom stereocenters. The van der Waals surface area contributed by atoms with Crippen LogP contribution in [0.3, 0.4) is 0 Å². The van der Waals surface area contributed by atoms with E-state index in [9.17, 15) is 0 Å². The minimum Gasteiger partial charge on any atom is -0.371 e. The molecule has 44 heavy (non-hydrogen) atoms. The molecular weight excluding hydrogens is 532 g/mol. The number of rotatable bonds is 19. The van der Waals surface area contributed by atoms with Crippen LogP contribution in [0.15, 0.2) is 60.7 Å². The lowest BCUT2D eigenvalue weighted by molar-refractivity contribution is 0.631. The topological polar surface area (TPSA) is 6.48 Å². The normalized spacial score (nSPS) is 11.5. The van der Waals surface area contributed by atoms with Crippen LogP contribution in [-0.4, -0.2) is 26.2 Å². The van der Waals surface area contributed by atoms with Crippen LogP contribution in [0.2, 0.25) is 0 Å². The van der Waals surface area contributed by atoms with Gasteiger partial charge in [-0.2, -0.15) is 0 Å². The monoisotopic (exact) mass is 592 g/mol. The highest BCUT2D eigenvalue weighted by Gasteiger charge is 2.26. The molecule has 0 N–H and O–H groups in total. The summed E-state index contributed by atoms with van der Waals surface area (Å²) < 4.78 is 0. The fourth-order valence-corrected chi connectivity index (χ4v) is 7.16. The SMILES string of the molecule is CCCCCN(CCCCC)c1c(C)c(N(CCCCC)CCCCC)c2ccccc2c1-c1cc(C)cc2ccccc12. The maximum absolute atomic E-state index is 2.80. The molecule has 4 aromatic rings. The summed E-state index contributed by atoms with van der Waals surface area (Å²) in [7, 11) is 0. The Morgan fingerprint density at radius 1 is 0.477 bits per heavy atom. The zero-order valence-electron chi connectivity index (χ0n) is 29.0. The quantitative estimate of drug-likeness (QED) is 0.0999. The molecule has 0 radical (unpaired) electrons. The first-order chi connectivity index (χ1) is 21.5. The van der Waals surface area contributed by atoms with Gasteiger partial charge in [-0.1, -0.05) is 140 Å². The average Bonchev–Trinajstić information content (AvgIpc) is 3.03. The smallest absolute Gasteiger partial charge is 0.0503 e. The van der Waals surface area contributed by atoms with Crippen molar-refractivity contribution in [1.82, 2.24) is 0 Å². The molecule has 0 saturated heterocycles. The minimum absolute atomic E-state index is 1.12. The second kappa shape index (κ2) is 17.5. The first-order valence-corrected chi connectivity index (χ1v) is 18.1. The lowest BCUT2D eigenvalue weighted by atomic mass is 9.87. The molecule has 0 aliphatic carbocycles. The van der Waals surface area contributed by atoms with Crippen LogP contribution in [0, 0.1) is 13.8 Å². The number of unbranched alkanes of at least 4 members (excludes halogenated alkanes) is 8. The van der Waals surface area contributed by atoms with E-state index in [-0.39, 0.29) is 0 Å². The van der Waals surface area contributed by atoms with E-state index in [0.717, 1.165) is 26.2 Å². The van der Waals surface area contributed by atoms with Gasteiger partial charge in [0.25, 0.3) is 0 Å². The van der Waals surface area contributed by atoms with Crippen LogP contribution in [0.1, 0.15) is 116 Å². The van der Waals surface area contributed by atoms with Crippen molar-refractivity contribution in [2.45, 2.75) is 119 Å². The Morgan fingerprint density at radius 2 is 0.932 bits per heavy atom. The fraction of sp³-hybridized carbons (Fsp3) is 0.524. The summed E-state index contributed by atoms with van der Waals surface area (Å²) in [5, 5.41) is 5.53. The number of hydrogen-bond donors (Lipinski definition) is 0. The molecule has 0 heterocycles. The molecule has 0 bridgehead atoms. The predicted molar refractivity (Wildman–Crippen MR) is 199 cm³/mol. The van der Waals surface area contributed by atoms with E-state index in [1.165, 1.54) is 132 Å². The Labute approximate surface area is 269 Å². The number of fused-ring (bicyclic) bond motifs is 2. The molecule has 4 aromatic carbocycles. The van der Waals surface area contributed by atoms with Gasteiger partial charge in [0, 0.05) is 42.8 Å². The third kappa shape index (κ3) is 8.17. The van der Waals surface area contributed by atoms with Gasteiger partial charge in [-0.3, -0.25) is 0 Å². The van der Waals surface area contributed by atoms with E-state index < -0.39 is 0 Å². The summed E-state index contributed by atoms with van der Waals surface area (Å²) in [5.41, 5.74) is 8.61. The zero-order valence-corrected chi connectivity index (χ0v) is 29.0. The van der Waals surface area contributed by atoms with Crippen LogP contribution in [0.25, 0.3) is 32.7 Å². The van der Waals surface area contributed by atoms with Crippen LogP contribution in [0.5, 0.6) is 0 Å². The van der Waals surface area contributed by atoms with E-state index in [1.54, 1.807) is 0 Å². The second-order valence-electron chi connectivity index (χ2n) is 13.1. The summed E-state index contributed by atoms with van der Waals surface area (Å²) in [4.78, 5) is 5.58. The molecular formula is C42H60N2. The van der Waals surface area contributed by atoms with Gasteiger partial charge in [-0.25, -0.2) is 0 Å². The lowest BCUT2D eigenvalue weighted by Gasteiger charge is -2.35. The molecule has 0 aromatic heterocycles. The molecule has 0 amide bonds. The molecule has 0 saturated carbocycles. The van der Waals surface area contributed by atoms with E-state index >= 15 is 0 Å². The molecule has 2 heteroatoms. The number of nitrogens with zero attached hydrogens (tertiary/aromatic N) is 2. The lowest BCUT2D eigenvalue weighted by Crippen LogP contribution is -2.30. The van der Waals surface area contributed by atoms with Crippen LogP contribution in [-0.2, 0) is 0 Å². The van der Waals surface area contributed by atoms with Crippen molar-refractivity contribution < 1.29 is 0 Å². The predicted octanol–water partition coefficient (Wildman–Crippen LogP) is 12.7. The average molecular weight is 593 g/mol. The summed E-state index contributed by atoms with van der Waals surface area (Å²) in [6.07, 6.45) is 15.2. The molecule has 238 valence electrons. The molecule has 0 atom stereocenters. The Morgan fingerprint density at radius 3 is 1.45 bits per heavy atom.